The van der Waals surface area contributed by atoms with Gasteiger partial charge in [0.2, 0.25) is 0 Å². The number of imide groups is 1. The van der Waals surface area contributed by atoms with E-state index >= 15 is 0 Å². The summed E-state index contributed by atoms with van der Waals surface area (Å²) in [4.78, 5) is 40.3. The Kier molecular flexibility index (Phi) is 3.95. The zero-order chi connectivity index (χ0) is 11.4. The summed E-state index contributed by atoms with van der Waals surface area (Å²) in [7, 11) is 1.40. The molecule has 1 aliphatic heterocycles. The monoisotopic (exact) mass is 201 g/mol. The third-order valence-corrected chi connectivity index (χ3v) is 1.49. The van der Waals surface area contributed by atoms with Gasteiger partial charge in [-0.3, -0.25) is 14.4 Å². The van der Waals surface area contributed by atoms with E-state index in [1.165, 1.54) is 7.05 Å². The molecule has 1 saturated heterocycles. The Morgan fingerprint density at radius 2 is 1.64 bits per heavy atom. The lowest BCUT2D eigenvalue weighted by Gasteiger charge is -2.10. The number of hydrogen-bond acceptors (Lipinski definition) is 5. The maximum absolute atomic E-state index is 11.0. The van der Waals surface area contributed by atoms with Crippen molar-refractivity contribution >= 4 is 24.6 Å². The fourth-order valence-corrected chi connectivity index (χ4v) is 0.817. The second-order valence-corrected chi connectivity index (χ2v) is 3.01. The van der Waals surface area contributed by atoms with E-state index in [1.54, 1.807) is 13.8 Å². The average molecular weight is 201 g/mol. The number of likely N-dealkylation sites (N-methyl/N-ethyl adjacent to an activating group) is 1. The van der Waals surface area contributed by atoms with Gasteiger partial charge in [-0.15, -0.1) is 0 Å². The van der Waals surface area contributed by atoms with E-state index in [4.69, 9.17) is 14.3 Å². The summed E-state index contributed by atoms with van der Waals surface area (Å²) < 4.78 is 4.71. The molecule has 0 aliphatic carbocycles. The largest absolute Gasteiger partial charge is 0.433 e. The molecule has 0 atom stereocenters. The van der Waals surface area contributed by atoms with Gasteiger partial charge in [0.25, 0.3) is 5.91 Å². The molecule has 14 heavy (non-hydrogen) atoms. The van der Waals surface area contributed by atoms with Crippen LogP contribution < -0.4 is 0 Å². The molecule has 2 amide bonds. The van der Waals surface area contributed by atoms with Gasteiger partial charge in [-0.05, 0) is 13.8 Å². The van der Waals surface area contributed by atoms with Crippen molar-refractivity contribution < 1.29 is 23.9 Å². The minimum Gasteiger partial charge on any atom is -0.433 e. The summed E-state index contributed by atoms with van der Waals surface area (Å²) in [6.45, 7) is 3.13. The summed E-state index contributed by atoms with van der Waals surface area (Å²) in [5.41, 5.74) is -0.966. The van der Waals surface area contributed by atoms with Gasteiger partial charge >= 0.3 is 6.09 Å². The Labute approximate surface area is 80.8 Å². The van der Waals surface area contributed by atoms with Gasteiger partial charge in [-0.2, -0.15) is 0 Å². The first-order chi connectivity index (χ1) is 6.36. The van der Waals surface area contributed by atoms with E-state index < -0.39 is 11.7 Å². The van der Waals surface area contributed by atoms with Gasteiger partial charge in [-0.1, -0.05) is 0 Å². The van der Waals surface area contributed by atoms with Gasteiger partial charge in [0.05, 0.1) is 0 Å². The molecular weight excluding hydrogens is 190 g/mol. The van der Waals surface area contributed by atoms with Crippen molar-refractivity contribution in [3.8, 4) is 0 Å². The molecule has 1 aliphatic rings. The molecule has 0 aromatic heterocycles. The highest BCUT2D eigenvalue weighted by molar-refractivity contribution is 6.09. The third-order valence-electron chi connectivity index (χ3n) is 1.49. The predicted molar refractivity (Wildman–Crippen MR) is 45.5 cm³/mol. The SMILES string of the molecule is CN1C(=O)OC(C)(C)C1=O.O=CC=O. The summed E-state index contributed by atoms with van der Waals surface area (Å²) >= 11 is 0. The van der Waals surface area contributed by atoms with Crippen LogP contribution >= 0.6 is 0 Å². The Balaban J connectivity index is 0.000000364. The van der Waals surface area contributed by atoms with E-state index in [2.05, 4.69) is 0 Å². The second kappa shape index (κ2) is 4.50. The van der Waals surface area contributed by atoms with Gasteiger partial charge in [0, 0.05) is 7.05 Å². The fourth-order valence-electron chi connectivity index (χ4n) is 0.817. The van der Waals surface area contributed by atoms with E-state index in [9.17, 15) is 9.59 Å². The molecule has 0 aromatic carbocycles. The van der Waals surface area contributed by atoms with Crippen LogP contribution in [-0.2, 0) is 19.1 Å². The first-order valence-corrected chi connectivity index (χ1v) is 3.77. The smallest absolute Gasteiger partial charge is 0.417 e. The normalized spacial score (nSPS) is 18.1. The number of rotatable bonds is 1. The number of carbonyl (C=O) groups excluding carboxylic acids is 4. The van der Waals surface area contributed by atoms with Crippen molar-refractivity contribution in [2.45, 2.75) is 19.4 Å². The first kappa shape index (κ1) is 12.3. The minimum atomic E-state index is -0.966. The van der Waals surface area contributed by atoms with Crippen LogP contribution in [0.15, 0.2) is 0 Å². The van der Waals surface area contributed by atoms with Crippen molar-refractivity contribution in [1.29, 1.82) is 0 Å². The van der Waals surface area contributed by atoms with Crippen LogP contribution in [0.25, 0.3) is 0 Å². The maximum Gasteiger partial charge on any atom is 0.417 e. The number of amides is 2. The number of nitrogens with zero attached hydrogens (tertiary/aromatic N) is 1. The van der Waals surface area contributed by atoms with Crippen LogP contribution in [0, 0.1) is 0 Å². The zero-order valence-electron chi connectivity index (χ0n) is 8.14. The lowest BCUT2D eigenvalue weighted by molar-refractivity contribution is -0.133. The highest BCUT2D eigenvalue weighted by Crippen LogP contribution is 2.21. The molecule has 6 nitrogen and oxygen atoms in total. The molecule has 0 unspecified atom stereocenters. The molecule has 0 spiro atoms. The molecule has 0 saturated carbocycles. The zero-order valence-corrected chi connectivity index (χ0v) is 8.14. The third kappa shape index (κ3) is 2.65. The Morgan fingerprint density at radius 3 is 1.71 bits per heavy atom. The highest BCUT2D eigenvalue weighted by atomic mass is 16.6. The maximum atomic E-state index is 11.0. The van der Waals surface area contributed by atoms with Crippen molar-refractivity contribution in [2.75, 3.05) is 7.05 Å². The molecule has 0 N–H and O–H groups in total. The topological polar surface area (TPSA) is 80.8 Å². The van der Waals surface area contributed by atoms with Crippen LogP contribution in [0.1, 0.15) is 13.8 Å². The Bertz CT molecular complexity index is 265. The van der Waals surface area contributed by atoms with Gasteiger partial charge in [0.1, 0.15) is 0 Å². The predicted octanol–water partition coefficient (Wildman–Crippen LogP) is -0.242. The van der Waals surface area contributed by atoms with Crippen LogP contribution in [0.4, 0.5) is 4.79 Å². The Hall–Kier alpha value is -1.72. The van der Waals surface area contributed by atoms with Crippen molar-refractivity contribution in [1.82, 2.24) is 4.90 Å². The summed E-state index contributed by atoms with van der Waals surface area (Å²) in [6.07, 6.45) is -0.185. The quantitative estimate of drug-likeness (QED) is 0.432. The lowest BCUT2D eigenvalue weighted by Crippen LogP contribution is -2.33. The lowest BCUT2D eigenvalue weighted by atomic mass is 10.1. The van der Waals surface area contributed by atoms with Gasteiger partial charge < -0.3 is 4.74 Å². The number of hydrogen-bond donors (Lipinski definition) is 0. The summed E-state index contributed by atoms with van der Waals surface area (Å²) in [6, 6.07) is 0. The van der Waals surface area contributed by atoms with Crippen LogP contribution in [-0.4, -0.2) is 42.1 Å². The van der Waals surface area contributed by atoms with E-state index in [0.717, 1.165) is 4.90 Å². The van der Waals surface area contributed by atoms with Crippen molar-refractivity contribution in [3.05, 3.63) is 0 Å². The molecule has 1 rings (SSSR count). The first-order valence-electron chi connectivity index (χ1n) is 3.77. The number of cyclic esters (lactones) is 1. The van der Waals surface area contributed by atoms with Gasteiger partial charge in [-0.25, -0.2) is 9.69 Å². The molecule has 78 valence electrons. The molecule has 1 heterocycles. The second-order valence-electron chi connectivity index (χ2n) is 3.01. The molecular formula is C8H11NO5. The van der Waals surface area contributed by atoms with Crippen molar-refractivity contribution in [2.24, 2.45) is 0 Å². The summed E-state index contributed by atoms with van der Waals surface area (Å²) in [5.74, 6) is -0.294. The fraction of sp³-hybridized carbons (Fsp3) is 0.500. The molecule has 0 bridgehead atoms. The number of ether oxygens (including phenoxy) is 1. The highest BCUT2D eigenvalue weighted by Gasteiger charge is 2.44. The Morgan fingerprint density at radius 1 is 1.21 bits per heavy atom. The van der Waals surface area contributed by atoms with Gasteiger partial charge in [0.15, 0.2) is 18.2 Å². The van der Waals surface area contributed by atoms with Crippen LogP contribution in [0.3, 0.4) is 0 Å². The molecule has 1 fully saturated rings. The van der Waals surface area contributed by atoms with E-state index in [-0.39, 0.29) is 18.5 Å². The van der Waals surface area contributed by atoms with E-state index in [0.29, 0.717) is 0 Å². The van der Waals surface area contributed by atoms with E-state index in [1.807, 2.05) is 0 Å². The molecule has 0 radical (unpaired) electrons. The average Bonchev–Trinajstić information content (AvgIpc) is 2.30. The standard InChI is InChI=1S/C6H9NO3.C2H2O2/c1-6(2)4(8)7(3)5(9)10-6;3-1-2-4/h1-3H3;1-2H. The molecule has 6 heteroatoms. The van der Waals surface area contributed by atoms with Crippen molar-refractivity contribution in [3.63, 3.8) is 0 Å². The van der Waals surface area contributed by atoms with Crippen LogP contribution in [0.5, 0.6) is 0 Å². The number of carbonyl (C=O) groups is 4. The number of aldehydes is 2. The molecule has 0 aromatic rings. The minimum absolute atomic E-state index is 0.194. The van der Waals surface area contributed by atoms with Crippen LogP contribution in [0.2, 0.25) is 0 Å². The summed E-state index contributed by atoms with van der Waals surface area (Å²) in [5, 5.41) is 0.